The normalized spacial score (nSPS) is 14.8. The number of nitrogens with one attached hydrogen (secondary N) is 2. The third-order valence-corrected chi connectivity index (χ3v) is 6.01. The zero-order valence-corrected chi connectivity index (χ0v) is 22.6. The second-order valence-electron chi connectivity index (χ2n) is 8.51. The summed E-state index contributed by atoms with van der Waals surface area (Å²) < 4.78 is 19.2. The van der Waals surface area contributed by atoms with Crippen molar-refractivity contribution in [3.8, 4) is 11.9 Å². The maximum atomic E-state index is 13.9. The van der Waals surface area contributed by atoms with Gasteiger partial charge in [0.2, 0.25) is 5.96 Å². The van der Waals surface area contributed by atoms with Crippen LogP contribution in [0.25, 0.3) is 0 Å². The van der Waals surface area contributed by atoms with Gasteiger partial charge in [0.05, 0.1) is 13.2 Å². The Morgan fingerprint density at radius 1 is 1.12 bits per heavy atom. The number of carboxylic acid groups (broad SMARTS) is 1. The van der Waals surface area contributed by atoms with E-state index in [1.54, 1.807) is 29.2 Å². The van der Waals surface area contributed by atoms with Gasteiger partial charge in [0.25, 0.3) is 5.97 Å². The zero-order valence-electron chi connectivity index (χ0n) is 21.8. The van der Waals surface area contributed by atoms with E-state index in [0.717, 1.165) is 12.5 Å². The molecule has 0 aromatic heterocycles. The van der Waals surface area contributed by atoms with Gasteiger partial charge >= 0.3 is 6.03 Å². The molecule has 0 radical (unpaired) electrons. The fourth-order valence-corrected chi connectivity index (χ4v) is 4.13. The Kier molecular flexibility index (Phi) is 10.7. The highest BCUT2D eigenvalue weighted by molar-refractivity contribution is 6.30. The van der Waals surface area contributed by atoms with Crippen LogP contribution in [0.3, 0.4) is 0 Å². The highest BCUT2D eigenvalue weighted by atomic mass is 35.5. The van der Waals surface area contributed by atoms with Crippen molar-refractivity contribution < 1.29 is 23.8 Å². The number of carbonyl (C=O) groups is 2. The van der Waals surface area contributed by atoms with Crippen molar-refractivity contribution in [2.24, 2.45) is 4.99 Å². The minimum Gasteiger partial charge on any atom is -0.494 e. The Morgan fingerprint density at radius 2 is 1.80 bits per heavy atom. The molecule has 12 heteroatoms. The summed E-state index contributed by atoms with van der Waals surface area (Å²) in [6, 6.07) is 19.9. The number of nitrogens with zero attached hydrogens (tertiary/aromatic N) is 4. The minimum atomic E-state index is -0.833. The number of hydrogen-bond acceptors (Lipinski definition) is 5. The lowest BCUT2D eigenvalue weighted by molar-refractivity contribution is -0.134. The number of piperazine rings is 1. The number of benzene rings is 3. The quantitative estimate of drug-likeness (QED) is 0.171. The second kappa shape index (κ2) is 14.4. The first-order chi connectivity index (χ1) is 19.2. The van der Waals surface area contributed by atoms with E-state index in [1.807, 2.05) is 41.4 Å². The lowest BCUT2D eigenvalue weighted by Gasteiger charge is -2.42. The van der Waals surface area contributed by atoms with E-state index < -0.39 is 11.8 Å². The van der Waals surface area contributed by atoms with E-state index in [0.29, 0.717) is 36.1 Å². The van der Waals surface area contributed by atoms with Crippen molar-refractivity contribution in [1.82, 2.24) is 15.1 Å². The number of methoxy groups -OCH3 is 1. The van der Waals surface area contributed by atoms with Crippen LogP contribution in [0.1, 0.15) is 18.5 Å². The van der Waals surface area contributed by atoms with E-state index in [2.05, 4.69) is 15.6 Å². The standard InChI is InChI=1S/C26H24ClFN6O2.C2H4O2/c1-36-24-12-9-20(28)15-22(24)32-25(30-17-29)33-13-14-34(23(16-33)18-5-3-2-4-6-18)26(35)31-21-10-7-19(27)8-11-21;1-2(3)4/h2-12,15,23H,13-14,16H2,1H3,(H,30,32)(H,31,35);1H3,(H,3,4). The second-order valence-corrected chi connectivity index (χ2v) is 8.95. The first-order valence-electron chi connectivity index (χ1n) is 12.1. The molecule has 208 valence electrons. The zero-order chi connectivity index (χ0) is 29.1. The van der Waals surface area contributed by atoms with Crippen LogP contribution in [0.4, 0.5) is 20.6 Å². The van der Waals surface area contributed by atoms with Crippen LogP contribution in [0.2, 0.25) is 5.02 Å². The van der Waals surface area contributed by atoms with Gasteiger partial charge in [0.1, 0.15) is 17.3 Å². The van der Waals surface area contributed by atoms with Crippen molar-refractivity contribution in [3.05, 3.63) is 89.2 Å². The van der Waals surface area contributed by atoms with Gasteiger partial charge in [0, 0.05) is 43.3 Å². The molecule has 3 N–H and O–H groups in total. The minimum absolute atomic E-state index is 0.236. The Bertz CT molecular complexity index is 1380. The summed E-state index contributed by atoms with van der Waals surface area (Å²) in [5, 5.41) is 22.9. The molecule has 3 aromatic rings. The van der Waals surface area contributed by atoms with Crippen molar-refractivity contribution in [1.29, 1.82) is 5.26 Å². The number of halogens is 2. The summed E-state index contributed by atoms with van der Waals surface area (Å²) >= 11 is 5.96. The summed E-state index contributed by atoms with van der Waals surface area (Å²) in [6.45, 7) is 2.18. The van der Waals surface area contributed by atoms with E-state index >= 15 is 0 Å². The molecule has 0 spiro atoms. The molecule has 10 nitrogen and oxygen atoms in total. The van der Waals surface area contributed by atoms with Crippen LogP contribution in [-0.2, 0) is 4.79 Å². The fraction of sp³-hybridized carbons (Fsp3) is 0.214. The van der Waals surface area contributed by atoms with Crippen molar-refractivity contribution in [2.45, 2.75) is 13.0 Å². The molecule has 1 saturated heterocycles. The lowest BCUT2D eigenvalue weighted by Crippen LogP contribution is -2.55. The molecule has 1 aliphatic rings. The van der Waals surface area contributed by atoms with E-state index in [4.69, 9.17) is 26.2 Å². The molecule has 3 aromatic carbocycles. The van der Waals surface area contributed by atoms with Gasteiger partial charge in [-0.25, -0.2) is 14.2 Å². The van der Waals surface area contributed by atoms with Crippen LogP contribution in [0.15, 0.2) is 77.8 Å². The number of anilines is 1. The number of hydrogen-bond donors (Lipinski definition) is 3. The highest BCUT2D eigenvalue weighted by Crippen LogP contribution is 2.30. The molecule has 2 amide bonds. The topological polar surface area (TPSA) is 130 Å². The Hall–Kier alpha value is -4.82. The monoisotopic (exact) mass is 566 g/mol. The third kappa shape index (κ3) is 8.34. The molecule has 0 bridgehead atoms. The van der Waals surface area contributed by atoms with Crippen LogP contribution in [0.5, 0.6) is 5.75 Å². The third-order valence-electron chi connectivity index (χ3n) is 5.76. The molecule has 1 heterocycles. The van der Waals surface area contributed by atoms with Crippen LogP contribution >= 0.6 is 11.6 Å². The number of carbonyl (C=O) groups excluding carboxylic acids is 1. The smallest absolute Gasteiger partial charge is 0.322 e. The summed E-state index contributed by atoms with van der Waals surface area (Å²) in [7, 11) is 1.47. The maximum Gasteiger partial charge on any atom is 0.322 e. The number of ether oxygens (including phenoxy) is 1. The molecule has 0 saturated carbocycles. The van der Waals surface area contributed by atoms with Gasteiger partial charge in [-0.3, -0.25) is 10.1 Å². The first kappa shape index (κ1) is 29.7. The number of guanidine groups is 1. The van der Waals surface area contributed by atoms with Gasteiger partial charge in [-0.05, 0) is 42.0 Å². The van der Waals surface area contributed by atoms with E-state index in [1.165, 1.54) is 25.3 Å². The number of nitriles is 1. The van der Waals surface area contributed by atoms with Gasteiger partial charge in [-0.15, -0.1) is 0 Å². The van der Waals surface area contributed by atoms with E-state index in [-0.39, 0.29) is 23.7 Å². The Labute approximate surface area is 236 Å². The summed E-state index contributed by atoms with van der Waals surface area (Å²) in [5.41, 5.74) is 1.80. The van der Waals surface area contributed by atoms with Gasteiger partial charge < -0.3 is 25.0 Å². The van der Waals surface area contributed by atoms with Crippen LogP contribution < -0.4 is 15.4 Å². The molecule has 1 aliphatic heterocycles. The number of urea groups is 1. The summed E-state index contributed by atoms with van der Waals surface area (Å²) in [5.74, 6) is -0.703. The highest BCUT2D eigenvalue weighted by Gasteiger charge is 2.33. The molecule has 40 heavy (non-hydrogen) atoms. The number of aliphatic carboxylic acids is 1. The first-order valence-corrected chi connectivity index (χ1v) is 12.5. The SMILES string of the molecule is CC(=O)O.COc1ccc(F)cc1N=C(NC#N)N1CCN(C(=O)Nc2ccc(Cl)cc2)C(c2ccccc2)C1. The molecular formula is C28H28ClFN6O4. The van der Waals surface area contributed by atoms with Crippen LogP contribution in [0, 0.1) is 17.3 Å². The average Bonchev–Trinajstić information content (AvgIpc) is 2.94. The predicted molar refractivity (Wildman–Crippen MR) is 150 cm³/mol. The fourth-order valence-electron chi connectivity index (χ4n) is 4.00. The van der Waals surface area contributed by atoms with Gasteiger partial charge in [0.15, 0.2) is 6.19 Å². The summed E-state index contributed by atoms with van der Waals surface area (Å²) in [4.78, 5) is 30.3. The number of rotatable bonds is 4. The predicted octanol–water partition coefficient (Wildman–Crippen LogP) is 5.23. The van der Waals surface area contributed by atoms with Crippen molar-refractivity contribution >= 4 is 40.9 Å². The Morgan fingerprint density at radius 3 is 2.42 bits per heavy atom. The number of carboxylic acids is 1. The lowest BCUT2D eigenvalue weighted by atomic mass is 10.0. The van der Waals surface area contributed by atoms with Gasteiger partial charge in [-0.1, -0.05) is 41.9 Å². The van der Waals surface area contributed by atoms with Gasteiger partial charge in [-0.2, -0.15) is 5.26 Å². The molecule has 1 unspecified atom stereocenters. The maximum absolute atomic E-state index is 13.9. The largest absolute Gasteiger partial charge is 0.494 e. The Balaban J connectivity index is 0.00000103. The molecular weight excluding hydrogens is 539 g/mol. The number of aliphatic imine (C=N–C) groups is 1. The average molecular weight is 567 g/mol. The van der Waals surface area contributed by atoms with Crippen molar-refractivity contribution in [3.63, 3.8) is 0 Å². The summed E-state index contributed by atoms with van der Waals surface area (Å²) in [6.07, 6.45) is 1.90. The van der Waals surface area contributed by atoms with E-state index in [9.17, 15) is 14.4 Å². The molecule has 1 fully saturated rings. The molecule has 0 aliphatic carbocycles. The molecule has 4 rings (SSSR count). The number of amides is 2. The van der Waals surface area contributed by atoms with Crippen molar-refractivity contribution in [2.75, 3.05) is 32.1 Å². The molecule has 1 atom stereocenters. The van der Waals surface area contributed by atoms with Crippen LogP contribution in [-0.4, -0.2) is 59.6 Å².